The second kappa shape index (κ2) is 7.85. The fraction of sp³-hybridized carbons (Fsp3) is 0.611. The van der Waals surface area contributed by atoms with Gasteiger partial charge >= 0.3 is 0 Å². The number of carbonyl (C=O) groups is 1. The molecule has 0 atom stereocenters. The van der Waals surface area contributed by atoms with E-state index in [4.69, 9.17) is 4.74 Å². The molecule has 0 bridgehead atoms. The number of methoxy groups -OCH3 is 1. The molecule has 1 aromatic carbocycles. The van der Waals surface area contributed by atoms with Crippen molar-refractivity contribution in [2.24, 2.45) is 5.92 Å². The predicted molar refractivity (Wildman–Crippen MR) is 94.9 cm³/mol. The van der Waals surface area contributed by atoms with Crippen LogP contribution in [-0.4, -0.2) is 51.5 Å². The summed E-state index contributed by atoms with van der Waals surface area (Å²) in [6.07, 6.45) is 5.27. The van der Waals surface area contributed by atoms with Gasteiger partial charge in [0.15, 0.2) is 0 Å². The van der Waals surface area contributed by atoms with Crippen LogP contribution in [0.5, 0.6) is 0 Å². The molecular weight excluding hydrogens is 340 g/mol. The summed E-state index contributed by atoms with van der Waals surface area (Å²) in [6, 6.07) is 6.56. The van der Waals surface area contributed by atoms with E-state index < -0.39 is 10.0 Å². The zero-order chi connectivity index (χ0) is 17.9. The first kappa shape index (κ1) is 18.4. The van der Waals surface area contributed by atoms with Gasteiger partial charge in [-0.1, -0.05) is 6.07 Å². The van der Waals surface area contributed by atoms with Crippen molar-refractivity contribution < 1.29 is 17.9 Å². The Balaban J connectivity index is 1.77. The van der Waals surface area contributed by atoms with Gasteiger partial charge in [0.1, 0.15) is 0 Å². The third-order valence-electron chi connectivity index (χ3n) is 4.88. The van der Waals surface area contributed by atoms with Crippen molar-refractivity contribution in [1.82, 2.24) is 9.62 Å². The summed E-state index contributed by atoms with van der Waals surface area (Å²) in [6.45, 7) is 1.20. The van der Waals surface area contributed by atoms with Gasteiger partial charge in [-0.15, -0.1) is 0 Å². The molecule has 138 valence electrons. The molecule has 25 heavy (non-hydrogen) atoms. The molecule has 1 amide bonds. The van der Waals surface area contributed by atoms with Crippen LogP contribution in [0.1, 0.15) is 42.5 Å². The van der Waals surface area contributed by atoms with Gasteiger partial charge in [0, 0.05) is 31.8 Å². The fourth-order valence-corrected chi connectivity index (χ4v) is 4.41. The highest BCUT2D eigenvalue weighted by atomic mass is 32.2. The Morgan fingerprint density at radius 3 is 2.64 bits per heavy atom. The molecule has 7 heteroatoms. The standard InChI is InChI=1S/C18H26N2O4S/c1-24-11-10-20(13-14-8-9-14)25(22,23)17-7-2-4-15(12-17)18(21)19-16-5-3-6-16/h2,4,7,12,14,16H,3,5-6,8-11,13H2,1H3,(H,19,21). The fourth-order valence-electron chi connectivity index (χ4n) is 2.86. The van der Waals surface area contributed by atoms with Gasteiger partial charge in [-0.2, -0.15) is 4.31 Å². The SMILES string of the molecule is COCCN(CC1CC1)S(=O)(=O)c1cccc(C(=O)NC2CCC2)c1. The number of rotatable bonds is 9. The van der Waals surface area contributed by atoms with Crippen molar-refractivity contribution in [3.8, 4) is 0 Å². The summed E-state index contributed by atoms with van der Waals surface area (Å²) in [7, 11) is -2.07. The Bertz CT molecular complexity index is 712. The molecule has 0 unspecified atom stereocenters. The molecular formula is C18H26N2O4S. The number of carbonyl (C=O) groups excluding carboxylic acids is 1. The second-order valence-electron chi connectivity index (χ2n) is 6.93. The first-order valence-corrected chi connectivity index (χ1v) is 10.3. The molecule has 0 saturated heterocycles. The van der Waals surface area contributed by atoms with Gasteiger partial charge in [0.25, 0.3) is 5.91 Å². The largest absolute Gasteiger partial charge is 0.383 e. The summed E-state index contributed by atoms with van der Waals surface area (Å²) in [4.78, 5) is 12.5. The Kier molecular flexibility index (Phi) is 5.76. The highest BCUT2D eigenvalue weighted by Crippen LogP contribution is 2.31. The summed E-state index contributed by atoms with van der Waals surface area (Å²) in [5, 5.41) is 2.95. The molecule has 0 spiro atoms. The number of benzene rings is 1. The van der Waals surface area contributed by atoms with E-state index in [9.17, 15) is 13.2 Å². The molecule has 6 nitrogen and oxygen atoms in total. The topological polar surface area (TPSA) is 75.7 Å². The Labute approximate surface area is 149 Å². The smallest absolute Gasteiger partial charge is 0.251 e. The zero-order valence-electron chi connectivity index (χ0n) is 14.6. The lowest BCUT2D eigenvalue weighted by Crippen LogP contribution is -2.39. The quantitative estimate of drug-likeness (QED) is 0.725. The highest BCUT2D eigenvalue weighted by molar-refractivity contribution is 7.89. The maximum absolute atomic E-state index is 13.0. The van der Waals surface area contributed by atoms with Gasteiger partial charge in [-0.25, -0.2) is 8.42 Å². The normalized spacial score (nSPS) is 18.2. The van der Waals surface area contributed by atoms with Gasteiger partial charge in [0.2, 0.25) is 10.0 Å². The van der Waals surface area contributed by atoms with Crippen LogP contribution >= 0.6 is 0 Å². The molecule has 1 N–H and O–H groups in total. The van der Waals surface area contributed by atoms with E-state index in [1.54, 1.807) is 25.3 Å². The van der Waals surface area contributed by atoms with Crippen molar-refractivity contribution in [3.05, 3.63) is 29.8 Å². The van der Waals surface area contributed by atoms with Crippen molar-refractivity contribution in [2.45, 2.75) is 43.0 Å². The van der Waals surface area contributed by atoms with Crippen LogP contribution in [0.15, 0.2) is 29.2 Å². The number of nitrogens with zero attached hydrogens (tertiary/aromatic N) is 1. The lowest BCUT2D eigenvalue weighted by Gasteiger charge is -2.26. The lowest BCUT2D eigenvalue weighted by molar-refractivity contribution is 0.0916. The van der Waals surface area contributed by atoms with Crippen LogP contribution < -0.4 is 5.32 Å². The Hall–Kier alpha value is -1.44. The van der Waals surface area contributed by atoms with E-state index in [-0.39, 0.29) is 16.8 Å². The molecule has 2 aliphatic rings. The van der Waals surface area contributed by atoms with Crippen molar-refractivity contribution in [1.29, 1.82) is 0 Å². The number of amides is 1. The maximum atomic E-state index is 13.0. The number of hydrogen-bond donors (Lipinski definition) is 1. The number of sulfonamides is 1. The highest BCUT2D eigenvalue weighted by Gasteiger charge is 2.32. The first-order valence-electron chi connectivity index (χ1n) is 8.90. The minimum Gasteiger partial charge on any atom is -0.383 e. The summed E-state index contributed by atoms with van der Waals surface area (Å²) < 4.78 is 32.6. The number of ether oxygens (including phenoxy) is 1. The minimum absolute atomic E-state index is 0.172. The third-order valence-corrected chi connectivity index (χ3v) is 6.74. The molecule has 2 saturated carbocycles. The Morgan fingerprint density at radius 1 is 1.28 bits per heavy atom. The van der Waals surface area contributed by atoms with E-state index in [2.05, 4.69) is 5.32 Å². The number of hydrogen-bond acceptors (Lipinski definition) is 4. The minimum atomic E-state index is -3.63. The van der Waals surface area contributed by atoms with E-state index in [0.717, 1.165) is 32.1 Å². The van der Waals surface area contributed by atoms with E-state index in [0.29, 0.717) is 31.2 Å². The molecule has 2 aliphatic carbocycles. The average molecular weight is 366 g/mol. The van der Waals surface area contributed by atoms with E-state index in [1.807, 2.05) is 0 Å². The molecule has 3 rings (SSSR count). The van der Waals surface area contributed by atoms with Gasteiger partial charge in [0.05, 0.1) is 11.5 Å². The number of nitrogens with one attached hydrogen (secondary N) is 1. The van der Waals surface area contributed by atoms with Gasteiger partial charge in [-0.3, -0.25) is 4.79 Å². The van der Waals surface area contributed by atoms with Crippen LogP contribution in [0, 0.1) is 5.92 Å². The van der Waals surface area contributed by atoms with Gasteiger partial charge < -0.3 is 10.1 Å². The molecule has 0 heterocycles. The first-order chi connectivity index (χ1) is 12.0. The van der Waals surface area contributed by atoms with Crippen molar-refractivity contribution in [3.63, 3.8) is 0 Å². The maximum Gasteiger partial charge on any atom is 0.251 e. The second-order valence-corrected chi connectivity index (χ2v) is 8.87. The lowest BCUT2D eigenvalue weighted by atomic mass is 9.93. The molecule has 0 aliphatic heterocycles. The zero-order valence-corrected chi connectivity index (χ0v) is 15.4. The summed E-state index contributed by atoms with van der Waals surface area (Å²) in [5.41, 5.74) is 0.395. The molecule has 1 aromatic rings. The monoisotopic (exact) mass is 366 g/mol. The molecule has 0 aromatic heterocycles. The van der Waals surface area contributed by atoms with Crippen LogP contribution in [0.4, 0.5) is 0 Å². The van der Waals surface area contributed by atoms with Crippen LogP contribution in [0.25, 0.3) is 0 Å². The summed E-state index contributed by atoms with van der Waals surface area (Å²) >= 11 is 0. The average Bonchev–Trinajstić information content (AvgIpc) is 3.38. The van der Waals surface area contributed by atoms with E-state index in [1.165, 1.54) is 10.4 Å². The Morgan fingerprint density at radius 2 is 2.04 bits per heavy atom. The van der Waals surface area contributed by atoms with Crippen molar-refractivity contribution >= 4 is 15.9 Å². The van der Waals surface area contributed by atoms with Crippen LogP contribution in [-0.2, 0) is 14.8 Å². The molecule has 2 fully saturated rings. The molecule has 0 radical (unpaired) electrons. The summed E-state index contributed by atoms with van der Waals surface area (Å²) in [5.74, 6) is 0.240. The third kappa shape index (κ3) is 4.59. The predicted octanol–water partition coefficient (Wildman–Crippen LogP) is 2.02. The van der Waals surface area contributed by atoms with Crippen LogP contribution in [0.2, 0.25) is 0 Å². The van der Waals surface area contributed by atoms with E-state index >= 15 is 0 Å². The van der Waals surface area contributed by atoms with Crippen molar-refractivity contribution in [2.75, 3.05) is 26.8 Å². The van der Waals surface area contributed by atoms with Gasteiger partial charge in [-0.05, 0) is 56.2 Å². The van der Waals surface area contributed by atoms with Crippen LogP contribution in [0.3, 0.4) is 0 Å².